The molecule has 40 heavy (non-hydrogen) atoms. The van der Waals surface area contributed by atoms with Crippen molar-refractivity contribution in [1.82, 2.24) is 5.32 Å². The van der Waals surface area contributed by atoms with Crippen LogP contribution in [0, 0.1) is 5.92 Å². The molecule has 0 bridgehead atoms. The molecule has 1 fully saturated rings. The van der Waals surface area contributed by atoms with Crippen molar-refractivity contribution in [3.8, 4) is 11.5 Å². The van der Waals surface area contributed by atoms with E-state index in [-0.39, 0.29) is 36.7 Å². The van der Waals surface area contributed by atoms with Gasteiger partial charge in [-0.2, -0.15) is 0 Å². The van der Waals surface area contributed by atoms with Gasteiger partial charge >= 0.3 is 0 Å². The fraction of sp³-hybridized carbons (Fsp3) is 0.375. The molecule has 0 spiro atoms. The van der Waals surface area contributed by atoms with Gasteiger partial charge in [-0.3, -0.25) is 9.59 Å². The molecule has 2 unspecified atom stereocenters. The molecule has 2 amide bonds. The van der Waals surface area contributed by atoms with Crippen molar-refractivity contribution in [2.24, 2.45) is 5.92 Å². The first-order valence-corrected chi connectivity index (χ1v) is 14.0. The number of nitrogens with one attached hydrogen (secondary N) is 1. The van der Waals surface area contributed by atoms with Gasteiger partial charge in [0.25, 0.3) is 0 Å². The number of rotatable bonds is 7. The van der Waals surface area contributed by atoms with E-state index < -0.39 is 11.6 Å². The standard InChI is InChI=1S/C32H35ClN2O5/c1-19(2)40-28-18-26-21(15-27(28)39-4)16-30(37)35(31(26)20-5-9-24(33)10-6-20)25-11-7-22(8-12-25)32(3,38)23-13-14-34-29(36)17-23/h5-12,15,18-19,23,31,38H,13-14,16-17H2,1-4H3,(H,34,36)/t23?,31-,32?/m0/s1. The van der Waals surface area contributed by atoms with Gasteiger partial charge in [0.05, 0.1) is 31.3 Å². The molecule has 5 rings (SSSR count). The lowest BCUT2D eigenvalue weighted by atomic mass is 9.77. The number of carbonyl (C=O) groups excluding carboxylic acids is 2. The first-order valence-electron chi connectivity index (χ1n) is 13.6. The monoisotopic (exact) mass is 562 g/mol. The Hall–Kier alpha value is -3.55. The van der Waals surface area contributed by atoms with Gasteiger partial charge < -0.3 is 24.8 Å². The maximum atomic E-state index is 13.8. The smallest absolute Gasteiger partial charge is 0.232 e. The molecule has 2 heterocycles. The number of aliphatic hydroxyl groups is 1. The summed E-state index contributed by atoms with van der Waals surface area (Å²) >= 11 is 6.22. The molecule has 3 atom stereocenters. The highest BCUT2D eigenvalue weighted by molar-refractivity contribution is 6.30. The maximum absolute atomic E-state index is 13.8. The predicted molar refractivity (Wildman–Crippen MR) is 155 cm³/mol. The topological polar surface area (TPSA) is 88.1 Å². The number of amides is 2. The third-order valence-electron chi connectivity index (χ3n) is 7.91. The van der Waals surface area contributed by atoms with E-state index in [2.05, 4.69) is 5.32 Å². The molecule has 0 aliphatic carbocycles. The Morgan fingerprint density at radius 3 is 2.38 bits per heavy atom. The van der Waals surface area contributed by atoms with Crippen LogP contribution in [0.4, 0.5) is 5.69 Å². The summed E-state index contributed by atoms with van der Waals surface area (Å²) < 4.78 is 11.7. The first kappa shape index (κ1) is 28.0. The zero-order valence-corrected chi connectivity index (χ0v) is 24.0. The van der Waals surface area contributed by atoms with E-state index in [0.717, 1.165) is 16.7 Å². The van der Waals surface area contributed by atoms with Crippen LogP contribution in [-0.4, -0.2) is 36.7 Å². The highest BCUT2D eigenvalue weighted by Crippen LogP contribution is 2.44. The van der Waals surface area contributed by atoms with Gasteiger partial charge in [-0.15, -0.1) is 0 Å². The lowest BCUT2D eigenvalue weighted by Gasteiger charge is -2.39. The number of nitrogens with zero attached hydrogens (tertiary/aromatic N) is 1. The third-order valence-corrected chi connectivity index (χ3v) is 8.16. The number of anilines is 1. The van der Waals surface area contributed by atoms with Gasteiger partial charge in [-0.1, -0.05) is 35.9 Å². The lowest BCUT2D eigenvalue weighted by molar-refractivity contribution is -0.127. The van der Waals surface area contributed by atoms with E-state index in [1.807, 2.05) is 74.5 Å². The summed E-state index contributed by atoms with van der Waals surface area (Å²) in [5.41, 5.74) is 2.97. The van der Waals surface area contributed by atoms with Crippen LogP contribution >= 0.6 is 11.6 Å². The van der Waals surface area contributed by atoms with E-state index in [0.29, 0.717) is 40.7 Å². The van der Waals surface area contributed by atoms with Crippen LogP contribution in [0.2, 0.25) is 5.02 Å². The molecule has 0 aromatic heterocycles. The van der Waals surface area contributed by atoms with Crippen LogP contribution in [0.15, 0.2) is 60.7 Å². The quantitative estimate of drug-likeness (QED) is 0.394. The number of hydrogen-bond donors (Lipinski definition) is 2. The second kappa shape index (κ2) is 11.1. The van der Waals surface area contributed by atoms with Crippen LogP contribution in [0.5, 0.6) is 11.5 Å². The van der Waals surface area contributed by atoms with E-state index in [9.17, 15) is 14.7 Å². The van der Waals surface area contributed by atoms with Gasteiger partial charge in [0.2, 0.25) is 11.8 Å². The summed E-state index contributed by atoms with van der Waals surface area (Å²) in [4.78, 5) is 27.5. The molecule has 2 aliphatic heterocycles. The lowest BCUT2D eigenvalue weighted by Crippen LogP contribution is -2.43. The molecule has 3 aromatic rings. The van der Waals surface area contributed by atoms with Crippen LogP contribution < -0.4 is 19.7 Å². The van der Waals surface area contributed by atoms with E-state index >= 15 is 0 Å². The second-order valence-corrected chi connectivity index (χ2v) is 11.4. The minimum Gasteiger partial charge on any atom is -0.493 e. The molecule has 1 saturated heterocycles. The molecular weight excluding hydrogens is 528 g/mol. The molecule has 0 saturated carbocycles. The molecule has 3 aromatic carbocycles. The summed E-state index contributed by atoms with van der Waals surface area (Å²) in [6.07, 6.45) is 1.12. The van der Waals surface area contributed by atoms with Gasteiger partial charge in [0.1, 0.15) is 0 Å². The Morgan fingerprint density at radius 1 is 1.05 bits per heavy atom. The summed E-state index contributed by atoms with van der Waals surface area (Å²) in [7, 11) is 1.60. The Morgan fingerprint density at radius 2 is 1.75 bits per heavy atom. The van der Waals surface area contributed by atoms with E-state index in [1.165, 1.54) is 0 Å². The summed E-state index contributed by atoms with van der Waals surface area (Å²) in [5.74, 6) is 0.912. The van der Waals surface area contributed by atoms with Gasteiger partial charge in [-0.25, -0.2) is 0 Å². The largest absolute Gasteiger partial charge is 0.493 e. The number of fused-ring (bicyclic) bond motifs is 1. The number of hydrogen-bond acceptors (Lipinski definition) is 5. The minimum atomic E-state index is -1.18. The van der Waals surface area contributed by atoms with Gasteiger partial charge in [0.15, 0.2) is 11.5 Å². The summed E-state index contributed by atoms with van der Waals surface area (Å²) in [5, 5.41) is 14.9. The molecule has 0 radical (unpaired) electrons. The van der Waals surface area contributed by atoms with Crippen molar-refractivity contribution < 1.29 is 24.2 Å². The average Bonchev–Trinajstić information content (AvgIpc) is 2.92. The number of carbonyl (C=O) groups is 2. The maximum Gasteiger partial charge on any atom is 0.232 e. The Labute approximate surface area is 240 Å². The van der Waals surface area contributed by atoms with Crippen LogP contribution in [0.3, 0.4) is 0 Å². The highest BCUT2D eigenvalue weighted by atomic mass is 35.5. The Balaban J connectivity index is 1.57. The van der Waals surface area contributed by atoms with Crippen molar-refractivity contribution in [2.45, 2.75) is 57.8 Å². The fourth-order valence-electron chi connectivity index (χ4n) is 5.79. The van der Waals surface area contributed by atoms with Gasteiger partial charge in [0, 0.05) is 29.6 Å². The van der Waals surface area contributed by atoms with Gasteiger partial charge in [-0.05, 0) is 85.8 Å². The van der Waals surface area contributed by atoms with E-state index in [4.69, 9.17) is 21.1 Å². The minimum absolute atomic E-state index is 0.0472. The predicted octanol–water partition coefficient (Wildman–Crippen LogP) is 5.55. The Bertz CT molecular complexity index is 1400. The highest BCUT2D eigenvalue weighted by Gasteiger charge is 2.39. The summed E-state index contributed by atoms with van der Waals surface area (Å²) in [6.45, 7) is 6.23. The third kappa shape index (κ3) is 5.40. The van der Waals surface area contributed by atoms with Crippen LogP contribution in [0.25, 0.3) is 0 Å². The first-order chi connectivity index (χ1) is 19.1. The zero-order chi connectivity index (χ0) is 28.6. The van der Waals surface area contributed by atoms with Crippen LogP contribution in [-0.2, 0) is 21.6 Å². The van der Waals surface area contributed by atoms with Crippen molar-refractivity contribution in [3.63, 3.8) is 0 Å². The van der Waals surface area contributed by atoms with Crippen molar-refractivity contribution in [3.05, 3.63) is 87.9 Å². The molecule has 8 heteroatoms. The number of ether oxygens (including phenoxy) is 2. The number of piperidine rings is 1. The fourth-order valence-corrected chi connectivity index (χ4v) is 5.91. The van der Waals surface area contributed by atoms with Crippen molar-refractivity contribution >= 4 is 29.1 Å². The average molecular weight is 563 g/mol. The molecular formula is C32H35ClN2O5. The SMILES string of the molecule is COc1cc2c(cc1OC(C)C)[C@H](c1ccc(Cl)cc1)N(c1ccc(C(C)(O)C3CCNC(=O)C3)cc1)C(=O)C2. The number of halogens is 1. The Kier molecular flexibility index (Phi) is 7.80. The van der Waals surface area contributed by atoms with Crippen molar-refractivity contribution in [2.75, 3.05) is 18.6 Å². The van der Waals surface area contributed by atoms with Crippen LogP contribution in [0.1, 0.15) is 61.9 Å². The second-order valence-electron chi connectivity index (χ2n) is 11.0. The summed E-state index contributed by atoms with van der Waals surface area (Å²) in [6, 6.07) is 18.4. The molecule has 7 nitrogen and oxygen atoms in total. The molecule has 210 valence electrons. The number of benzene rings is 3. The molecule has 2 aliphatic rings. The number of methoxy groups -OCH3 is 1. The zero-order valence-electron chi connectivity index (χ0n) is 23.2. The van der Waals surface area contributed by atoms with E-state index in [1.54, 1.807) is 18.9 Å². The molecule has 2 N–H and O–H groups in total. The normalized spacial score (nSPS) is 20.5. The van der Waals surface area contributed by atoms with Crippen molar-refractivity contribution in [1.29, 1.82) is 0 Å².